The van der Waals surface area contributed by atoms with Gasteiger partial charge in [0.2, 0.25) is 0 Å². The lowest BCUT2D eigenvalue weighted by molar-refractivity contribution is 0.161. The van der Waals surface area contributed by atoms with Crippen molar-refractivity contribution in [3.8, 4) is 11.3 Å². The molecule has 3 heteroatoms. The van der Waals surface area contributed by atoms with E-state index in [1.165, 1.54) is 55.8 Å². The number of hydrogen-bond donors (Lipinski definition) is 0. The van der Waals surface area contributed by atoms with Crippen LogP contribution < -0.4 is 5.38 Å². The number of nitrogens with zero attached hydrogens (tertiary/aromatic N) is 1. The second-order valence-corrected chi connectivity index (χ2v) is 12.7. The van der Waals surface area contributed by atoms with Crippen molar-refractivity contribution in [1.82, 2.24) is 4.90 Å². The largest absolute Gasteiger partial charge is 0.466 e. The van der Waals surface area contributed by atoms with Crippen molar-refractivity contribution in [2.24, 2.45) is 0 Å². The van der Waals surface area contributed by atoms with Crippen LogP contribution in [0.4, 0.5) is 0 Å². The van der Waals surface area contributed by atoms with Gasteiger partial charge in [-0.2, -0.15) is 0 Å². The van der Waals surface area contributed by atoms with E-state index in [1.54, 1.807) is 0 Å². The molecule has 2 heterocycles. The van der Waals surface area contributed by atoms with Crippen LogP contribution in [0.2, 0.25) is 19.1 Å². The molecule has 130 valence electrons. The molecule has 1 atom stereocenters. The second-order valence-electron chi connectivity index (χ2n) is 7.90. The molecule has 0 spiro atoms. The first-order valence-electron chi connectivity index (χ1n) is 9.46. The monoisotopic (exact) mass is 341 g/mol. The number of likely N-dealkylation sites (tertiary alicyclic amines) is 1. The van der Waals surface area contributed by atoms with Crippen LogP contribution in [-0.4, -0.2) is 32.1 Å². The molecule has 0 bridgehead atoms. The molecule has 24 heavy (non-hydrogen) atoms. The zero-order chi connectivity index (χ0) is 17.0. The number of rotatable bonds is 6. The van der Waals surface area contributed by atoms with Crippen LogP contribution in [0, 0.1) is 0 Å². The van der Waals surface area contributed by atoms with Crippen LogP contribution in [0.5, 0.6) is 0 Å². The molecule has 0 saturated carbocycles. The fourth-order valence-corrected chi connectivity index (χ4v) is 6.01. The Morgan fingerprint density at radius 1 is 1.08 bits per heavy atom. The highest BCUT2D eigenvalue weighted by atomic mass is 28.3. The molecule has 0 radical (unpaired) electrons. The average molecular weight is 342 g/mol. The predicted octanol–water partition coefficient (Wildman–Crippen LogP) is 5.13. The molecule has 1 saturated heterocycles. The Morgan fingerprint density at radius 3 is 2.62 bits per heavy atom. The molecular formula is C21H31NOSi. The Labute approximate surface area is 147 Å². The standard InChI is InChI=1S/C21H31NOSi/c1-18-10-7-8-15-22(18)16-9-17-24(2,3)21-14-13-20(23-21)19-11-5-4-6-12-19/h4-6,11-14,18H,7-10,15-17H2,1-3H3. The first-order chi connectivity index (χ1) is 11.6. The van der Waals surface area contributed by atoms with Crippen LogP contribution in [0.25, 0.3) is 11.3 Å². The highest BCUT2D eigenvalue weighted by Gasteiger charge is 2.28. The molecular weight excluding hydrogens is 310 g/mol. The number of benzene rings is 1. The van der Waals surface area contributed by atoms with Gasteiger partial charge in [0.1, 0.15) is 13.8 Å². The van der Waals surface area contributed by atoms with Crippen LogP contribution in [-0.2, 0) is 0 Å². The van der Waals surface area contributed by atoms with E-state index in [-0.39, 0.29) is 0 Å². The van der Waals surface area contributed by atoms with Gasteiger partial charge >= 0.3 is 0 Å². The average Bonchev–Trinajstić information content (AvgIpc) is 3.08. The molecule has 1 unspecified atom stereocenters. The SMILES string of the molecule is CC1CCCCN1CCC[Si](C)(C)c1ccc(-c2ccccc2)o1. The summed E-state index contributed by atoms with van der Waals surface area (Å²) in [7, 11) is -1.49. The van der Waals surface area contributed by atoms with Gasteiger partial charge in [-0.05, 0) is 57.5 Å². The minimum absolute atomic E-state index is 0.775. The van der Waals surface area contributed by atoms with Crippen molar-refractivity contribution in [1.29, 1.82) is 0 Å². The van der Waals surface area contributed by atoms with Crippen molar-refractivity contribution in [2.45, 2.75) is 57.8 Å². The number of furan rings is 1. The summed E-state index contributed by atoms with van der Waals surface area (Å²) in [4.78, 5) is 2.69. The van der Waals surface area contributed by atoms with E-state index in [4.69, 9.17) is 4.42 Å². The van der Waals surface area contributed by atoms with Crippen molar-refractivity contribution in [2.75, 3.05) is 13.1 Å². The molecule has 0 N–H and O–H groups in total. The van der Waals surface area contributed by atoms with Crippen LogP contribution in [0.15, 0.2) is 46.9 Å². The van der Waals surface area contributed by atoms with Gasteiger partial charge in [0.25, 0.3) is 0 Å². The van der Waals surface area contributed by atoms with Gasteiger partial charge in [0, 0.05) is 11.6 Å². The molecule has 1 aliphatic heterocycles. The molecule has 3 rings (SSSR count). The van der Waals surface area contributed by atoms with Gasteiger partial charge in [-0.1, -0.05) is 49.8 Å². The summed E-state index contributed by atoms with van der Waals surface area (Å²) in [6, 6.07) is 16.9. The molecule has 1 aromatic heterocycles. The smallest absolute Gasteiger partial charge is 0.133 e. The zero-order valence-corrected chi connectivity index (χ0v) is 16.4. The normalized spacial score (nSPS) is 19.5. The summed E-state index contributed by atoms with van der Waals surface area (Å²) in [6.45, 7) is 9.83. The maximum absolute atomic E-state index is 6.25. The lowest BCUT2D eigenvalue weighted by Gasteiger charge is -2.34. The topological polar surface area (TPSA) is 16.4 Å². The summed E-state index contributed by atoms with van der Waals surface area (Å²) in [5.74, 6) is 1.01. The Hall–Kier alpha value is -1.32. The summed E-state index contributed by atoms with van der Waals surface area (Å²) in [6.07, 6.45) is 5.46. The van der Waals surface area contributed by atoms with Gasteiger partial charge in [-0.15, -0.1) is 0 Å². The maximum atomic E-state index is 6.25. The van der Waals surface area contributed by atoms with E-state index >= 15 is 0 Å². The van der Waals surface area contributed by atoms with Gasteiger partial charge < -0.3 is 9.32 Å². The maximum Gasteiger partial charge on any atom is 0.133 e. The van der Waals surface area contributed by atoms with Crippen LogP contribution in [0.1, 0.15) is 32.6 Å². The molecule has 0 amide bonds. The minimum Gasteiger partial charge on any atom is -0.466 e. The summed E-state index contributed by atoms with van der Waals surface area (Å²) >= 11 is 0. The van der Waals surface area contributed by atoms with Crippen molar-refractivity contribution >= 4 is 13.5 Å². The van der Waals surface area contributed by atoms with Crippen LogP contribution in [0.3, 0.4) is 0 Å². The zero-order valence-electron chi connectivity index (χ0n) is 15.4. The van der Waals surface area contributed by atoms with Gasteiger partial charge in [-0.3, -0.25) is 0 Å². The third kappa shape index (κ3) is 4.20. The predicted molar refractivity (Wildman–Crippen MR) is 106 cm³/mol. The summed E-state index contributed by atoms with van der Waals surface area (Å²) in [5, 5.41) is 1.24. The molecule has 0 aliphatic carbocycles. The quantitative estimate of drug-likeness (QED) is 0.678. The molecule has 2 aromatic rings. The number of piperidine rings is 1. The first kappa shape index (κ1) is 17.5. The van der Waals surface area contributed by atoms with Crippen molar-refractivity contribution < 1.29 is 4.42 Å². The summed E-state index contributed by atoms with van der Waals surface area (Å²) in [5.41, 5.74) is 1.18. The Bertz CT molecular complexity index is 634. The third-order valence-electron chi connectivity index (χ3n) is 5.52. The summed E-state index contributed by atoms with van der Waals surface area (Å²) < 4.78 is 6.25. The van der Waals surface area contributed by atoms with Crippen LogP contribution >= 0.6 is 0 Å². The fraction of sp³-hybridized carbons (Fsp3) is 0.524. The Morgan fingerprint density at radius 2 is 1.88 bits per heavy atom. The minimum atomic E-state index is -1.49. The van der Waals surface area contributed by atoms with Gasteiger partial charge in [-0.25, -0.2) is 0 Å². The molecule has 1 aliphatic rings. The lowest BCUT2D eigenvalue weighted by Crippen LogP contribution is -2.42. The second kappa shape index (κ2) is 7.71. The molecule has 1 aromatic carbocycles. The van der Waals surface area contributed by atoms with Gasteiger partial charge in [0.15, 0.2) is 0 Å². The van der Waals surface area contributed by atoms with Crippen molar-refractivity contribution in [3.63, 3.8) is 0 Å². The lowest BCUT2D eigenvalue weighted by atomic mass is 10.0. The highest BCUT2D eigenvalue weighted by Crippen LogP contribution is 2.23. The van der Waals surface area contributed by atoms with E-state index < -0.39 is 8.07 Å². The van der Waals surface area contributed by atoms with E-state index in [1.807, 2.05) is 6.07 Å². The third-order valence-corrected chi connectivity index (χ3v) is 8.73. The Balaban J connectivity index is 1.58. The molecule has 1 fully saturated rings. The van der Waals surface area contributed by atoms with Gasteiger partial charge in [0.05, 0.1) is 5.38 Å². The van der Waals surface area contributed by atoms with E-state index in [2.05, 4.69) is 61.3 Å². The Kier molecular flexibility index (Phi) is 5.62. The van der Waals surface area contributed by atoms with E-state index in [9.17, 15) is 0 Å². The fourth-order valence-electron chi connectivity index (χ4n) is 3.80. The first-order valence-corrected chi connectivity index (χ1v) is 12.7. The van der Waals surface area contributed by atoms with Crippen molar-refractivity contribution in [3.05, 3.63) is 42.5 Å². The van der Waals surface area contributed by atoms with E-state index in [0.717, 1.165) is 11.8 Å². The highest BCUT2D eigenvalue weighted by molar-refractivity contribution is 6.88. The van der Waals surface area contributed by atoms with E-state index in [0.29, 0.717) is 0 Å². The molecule has 2 nitrogen and oxygen atoms in total. The number of hydrogen-bond acceptors (Lipinski definition) is 2.